The molecule has 2 N–H and O–H groups in total. The second-order valence-electron chi connectivity index (χ2n) is 4.54. The van der Waals surface area contributed by atoms with E-state index in [0.717, 1.165) is 24.9 Å². The summed E-state index contributed by atoms with van der Waals surface area (Å²) in [5.74, 6) is 4.90. The van der Waals surface area contributed by atoms with Crippen molar-refractivity contribution in [2.45, 2.75) is 25.4 Å². The van der Waals surface area contributed by atoms with Crippen LogP contribution in [0, 0.1) is 5.82 Å². The molecular formula is C13H17FN2O2. The monoisotopic (exact) mass is 252 g/mol. The third kappa shape index (κ3) is 3.27. The highest BCUT2D eigenvalue weighted by Crippen LogP contribution is 2.14. The number of hydrogen-bond acceptors (Lipinski definition) is 3. The van der Waals surface area contributed by atoms with Gasteiger partial charge in [0.1, 0.15) is 5.82 Å². The van der Waals surface area contributed by atoms with Crippen LogP contribution in [0.4, 0.5) is 4.39 Å². The van der Waals surface area contributed by atoms with Gasteiger partial charge in [0.15, 0.2) is 0 Å². The Balaban J connectivity index is 1.93. The summed E-state index contributed by atoms with van der Waals surface area (Å²) in [7, 11) is 0. The van der Waals surface area contributed by atoms with Gasteiger partial charge in [0.25, 0.3) is 0 Å². The minimum absolute atomic E-state index is 0.0309. The molecule has 0 spiro atoms. The Morgan fingerprint density at radius 3 is 2.83 bits per heavy atom. The van der Waals surface area contributed by atoms with Gasteiger partial charge in [0, 0.05) is 13.1 Å². The van der Waals surface area contributed by atoms with E-state index in [1.165, 1.54) is 12.1 Å². The lowest BCUT2D eigenvalue weighted by Crippen LogP contribution is -2.44. The Kier molecular flexibility index (Phi) is 4.28. The van der Waals surface area contributed by atoms with Gasteiger partial charge in [-0.05, 0) is 30.5 Å². The third-order valence-corrected chi connectivity index (χ3v) is 3.19. The van der Waals surface area contributed by atoms with Crippen molar-refractivity contribution < 1.29 is 14.0 Å². The van der Waals surface area contributed by atoms with Gasteiger partial charge in [-0.25, -0.2) is 10.3 Å². The Bertz CT molecular complexity index is 408. The van der Waals surface area contributed by atoms with Crippen molar-refractivity contribution in [2.24, 2.45) is 5.90 Å². The van der Waals surface area contributed by atoms with Crippen molar-refractivity contribution in [3.63, 3.8) is 0 Å². The maximum Gasteiger partial charge on any atom is 0.227 e. The normalized spacial score (nSPS) is 19.9. The second-order valence-corrected chi connectivity index (χ2v) is 4.54. The van der Waals surface area contributed by atoms with Crippen molar-refractivity contribution in [1.29, 1.82) is 0 Å². The summed E-state index contributed by atoms with van der Waals surface area (Å²) in [4.78, 5) is 18.6. The number of hydrogen-bond donors (Lipinski definition) is 1. The smallest absolute Gasteiger partial charge is 0.227 e. The Hall–Kier alpha value is -1.46. The van der Waals surface area contributed by atoms with Crippen molar-refractivity contribution >= 4 is 5.91 Å². The number of nitrogens with two attached hydrogens (primary N) is 1. The number of carbonyl (C=O) groups excluding carboxylic acids is 1. The summed E-state index contributed by atoms with van der Waals surface area (Å²) in [6, 6.07) is 6.00. The molecule has 1 amide bonds. The zero-order chi connectivity index (χ0) is 13.0. The molecule has 1 unspecified atom stereocenters. The number of carbonyl (C=O) groups is 1. The summed E-state index contributed by atoms with van der Waals surface area (Å²) in [6.07, 6.45) is 2.00. The minimum Gasteiger partial charge on any atom is -0.340 e. The topological polar surface area (TPSA) is 55.6 Å². The predicted molar refractivity (Wildman–Crippen MR) is 65.0 cm³/mol. The van der Waals surface area contributed by atoms with Gasteiger partial charge in [-0.15, -0.1) is 0 Å². The van der Waals surface area contributed by atoms with Crippen LogP contribution in [-0.4, -0.2) is 30.0 Å². The molecule has 1 aromatic rings. The van der Waals surface area contributed by atoms with E-state index in [1.54, 1.807) is 17.0 Å². The molecule has 4 nitrogen and oxygen atoms in total. The van der Waals surface area contributed by atoms with E-state index in [9.17, 15) is 9.18 Å². The molecule has 0 aliphatic carbocycles. The quantitative estimate of drug-likeness (QED) is 0.824. The molecule has 1 aliphatic rings. The first-order valence-electron chi connectivity index (χ1n) is 6.07. The Morgan fingerprint density at radius 1 is 1.44 bits per heavy atom. The van der Waals surface area contributed by atoms with Crippen molar-refractivity contribution in [2.75, 3.05) is 13.1 Å². The SMILES string of the molecule is NOC1CCCN(C(=O)Cc2ccc(F)cc2)C1. The predicted octanol–water partition coefficient (Wildman–Crippen LogP) is 1.25. The maximum atomic E-state index is 12.8. The fraction of sp³-hybridized carbons (Fsp3) is 0.462. The van der Waals surface area contributed by atoms with Crippen LogP contribution in [0.3, 0.4) is 0 Å². The van der Waals surface area contributed by atoms with Gasteiger partial charge in [-0.2, -0.15) is 0 Å². The van der Waals surface area contributed by atoms with E-state index >= 15 is 0 Å². The zero-order valence-corrected chi connectivity index (χ0v) is 10.1. The van der Waals surface area contributed by atoms with E-state index < -0.39 is 0 Å². The molecule has 98 valence electrons. The number of nitrogens with zero attached hydrogens (tertiary/aromatic N) is 1. The van der Waals surface area contributed by atoms with Crippen molar-refractivity contribution in [3.05, 3.63) is 35.6 Å². The molecular weight excluding hydrogens is 235 g/mol. The fourth-order valence-electron chi connectivity index (χ4n) is 2.16. The molecule has 18 heavy (non-hydrogen) atoms. The van der Waals surface area contributed by atoms with Gasteiger partial charge < -0.3 is 4.90 Å². The number of piperidine rings is 1. The van der Waals surface area contributed by atoms with Crippen LogP contribution in [0.15, 0.2) is 24.3 Å². The lowest BCUT2D eigenvalue weighted by Gasteiger charge is -2.31. The van der Waals surface area contributed by atoms with E-state index in [0.29, 0.717) is 6.54 Å². The van der Waals surface area contributed by atoms with Crippen LogP contribution in [0.2, 0.25) is 0 Å². The molecule has 0 bridgehead atoms. The number of rotatable bonds is 3. The molecule has 1 aromatic carbocycles. The molecule has 1 atom stereocenters. The first-order valence-corrected chi connectivity index (χ1v) is 6.07. The Labute approximate surface area is 105 Å². The molecule has 1 aliphatic heterocycles. The molecule has 1 fully saturated rings. The first kappa shape index (κ1) is 13.0. The van der Waals surface area contributed by atoms with Crippen LogP contribution in [0.25, 0.3) is 0 Å². The summed E-state index contributed by atoms with van der Waals surface area (Å²) in [5, 5.41) is 0. The van der Waals surface area contributed by atoms with Crippen molar-refractivity contribution in [3.8, 4) is 0 Å². The van der Waals surface area contributed by atoms with Gasteiger partial charge >= 0.3 is 0 Å². The van der Waals surface area contributed by atoms with Gasteiger partial charge in [-0.3, -0.25) is 9.63 Å². The van der Waals surface area contributed by atoms with E-state index in [4.69, 9.17) is 10.7 Å². The van der Waals surface area contributed by atoms with Crippen LogP contribution in [-0.2, 0) is 16.1 Å². The number of benzene rings is 1. The molecule has 0 saturated carbocycles. The van der Waals surface area contributed by atoms with Crippen LogP contribution < -0.4 is 5.90 Å². The van der Waals surface area contributed by atoms with E-state index in [-0.39, 0.29) is 24.2 Å². The first-order chi connectivity index (χ1) is 8.69. The van der Waals surface area contributed by atoms with Crippen LogP contribution in [0.1, 0.15) is 18.4 Å². The van der Waals surface area contributed by atoms with Gasteiger partial charge in [0.2, 0.25) is 5.91 Å². The lowest BCUT2D eigenvalue weighted by molar-refractivity contribution is -0.134. The third-order valence-electron chi connectivity index (χ3n) is 3.19. The molecule has 2 rings (SSSR count). The van der Waals surface area contributed by atoms with Crippen LogP contribution in [0.5, 0.6) is 0 Å². The number of likely N-dealkylation sites (tertiary alicyclic amines) is 1. The highest BCUT2D eigenvalue weighted by Gasteiger charge is 2.23. The van der Waals surface area contributed by atoms with Crippen molar-refractivity contribution in [1.82, 2.24) is 4.90 Å². The summed E-state index contributed by atoms with van der Waals surface area (Å²) >= 11 is 0. The standard InChI is InChI=1S/C13H17FN2O2/c14-11-5-3-10(4-6-11)8-13(17)16-7-1-2-12(9-16)18-15/h3-6,12H,1-2,7-9,15H2. The highest BCUT2D eigenvalue weighted by atomic mass is 19.1. The summed E-state index contributed by atoms with van der Waals surface area (Å²) in [5.41, 5.74) is 0.817. The molecule has 1 saturated heterocycles. The summed E-state index contributed by atoms with van der Waals surface area (Å²) in [6.45, 7) is 1.27. The molecule has 0 radical (unpaired) electrons. The van der Waals surface area contributed by atoms with E-state index in [1.807, 2.05) is 0 Å². The summed E-state index contributed by atoms with van der Waals surface area (Å²) < 4.78 is 12.8. The lowest BCUT2D eigenvalue weighted by atomic mass is 10.1. The van der Waals surface area contributed by atoms with Gasteiger partial charge in [0.05, 0.1) is 12.5 Å². The van der Waals surface area contributed by atoms with E-state index in [2.05, 4.69) is 0 Å². The largest absolute Gasteiger partial charge is 0.340 e. The average molecular weight is 252 g/mol. The fourth-order valence-corrected chi connectivity index (χ4v) is 2.16. The highest BCUT2D eigenvalue weighted by molar-refractivity contribution is 5.78. The zero-order valence-electron chi connectivity index (χ0n) is 10.1. The maximum absolute atomic E-state index is 12.8. The number of amides is 1. The second kappa shape index (κ2) is 5.93. The average Bonchev–Trinajstić information content (AvgIpc) is 2.41. The number of halogens is 1. The van der Waals surface area contributed by atoms with Gasteiger partial charge in [-0.1, -0.05) is 12.1 Å². The Morgan fingerprint density at radius 2 is 2.17 bits per heavy atom. The van der Waals surface area contributed by atoms with Crippen LogP contribution >= 0.6 is 0 Å². The molecule has 1 heterocycles. The minimum atomic E-state index is -0.291. The molecule has 0 aromatic heterocycles. The molecule has 5 heteroatoms.